The van der Waals surface area contributed by atoms with Crippen LogP contribution in [0.2, 0.25) is 0 Å². The molecule has 1 aliphatic carbocycles. The van der Waals surface area contributed by atoms with Crippen LogP contribution < -0.4 is 5.32 Å². The number of nitrogens with one attached hydrogen (secondary N) is 1. The smallest absolute Gasteiger partial charge is 0.0700 e. The standard InChI is InChI=1S/C8H15NO/c1-8(10)6-2-3-7(8)5-9-4-6/h6-7,9-10H,2-5H2,1H3/t6-,7?,8?/m0/s1. The van der Waals surface area contributed by atoms with E-state index in [1.54, 1.807) is 0 Å². The van der Waals surface area contributed by atoms with Crippen molar-refractivity contribution in [2.75, 3.05) is 13.1 Å². The van der Waals surface area contributed by atoms with E-state index < -0.39 is 0 Å². The fraction of sp³-hybridized carbons (Fsp3) is 1.00. The first-order valence-electron chi connectivity index (χ1n) is 4.14. The first-order chi connectivity index (χ1) is 4.71. The lowest BCUT2D eigenvalue weighted by Gasteiger charge is -2.36. The molecule has 0 spiro atoms. The first-order valence-corrected chi connectivity index (χ1v) is 4.14. The van der Waals surface area contributed by atoms with Crippen LogP contribution in [0.5, 0.6) is 0 Å². The van der Waals surface area contributed by atoms with Gasteiger partial charge in [0, 0.05) is 24.9 Å². The summed E-state index contributed by atoms with van der Waals surface area (Å²) in [7, 11) is 0. The van der Waals surface area contributed by atoms with E-state index >= 15 is 0 Å². The van der Waals surface area contributed by atoms with E-state index in [0.29, 0.717) is 11.8 Å². The SMILES string of the molecule is CC1(O)C2CC[C@H]1CNC2. The molecule has 2 bridgehead atoms. The zero-order valence-electron chi connectivity index (χ0n) is 6.43. The molecule has 0 aromatic carbocycles. The third kappa shape index (κ3) is 0.722. The van der Waals surface area contributed by atoms with Crippen molar-refractivity contribution in [1.29, 1.82) is 0 Å². The molecule has 3 atom stereocenters. The average Bonchev–Trinajstić information content (AvgIpc) is 2.17. The van der Waals surface area contributed by atoms with Crippen LogP contribution in [0.4, 0.5) is 0 Å². The Morgan fingerprint density at radius 3 is 2.20 bits per heavy atom. The lowest BCUT2D eigenvalue weighted by atomic mass is 9.83. The molecule has 0 aromatic heterocycles. The summed E-state index contributed by atoms with van der Waals surface area (Å²) in [6.07, 6.45) is 2.43. The first kappa shape index (κ1) is 6.62. The molecule has 0 amide bonds. The molecule has 2 N–H and O–H groups in total. The number of hydrogen-bond donors (Lipinski definition) is 2. The maximum atomic E-state index is 9.93. The van der Waals surface area contributed by atoms with Gasteiger partial charge in [-0.05, 0) is 19.8 Å². The van der Waals surface area contributed by atoms with Crippen LogP contribution in [-0.2, 0) is 0 Å². The van der Waals surface area contributed by atoms with Gasteiger partial charge in [0.05, 0.1) is 5.60 Å². The molecule has 2 nitrogen and oxygen atoms in total. The Hall–Kier alpha value is -0.0800. The normalized spacial score (nSPS) is 53.4. The molecule has 2 rings (SSSR count). The number of hydrogen-bond acceptors (Lipinski definition) is 2. The molecule has 58 valence electrons. The largest absolute Gasteiger partial charge is 0.390 e. The average molecular weight is 141 g/mol. The van der Waals surface area contributed by atoms with Gasteiger partial charge in [-0.3, -0.25) is 0 Å². The van der Waals surface area contributed by atoms with E-state index in [1.165, 1.54) is 12.8 Å². The minimum absolute atomic E-state index is 0.356. The van der Waals surface area contributed by atoms with Crippen LogP contribution in [-0.4, -0.2) is 23.8 Å². The van der Waals surface area contributed by atoms with Gasteiger partial charge >= 0.3 is 0 Å². The van der Waals surface area contributed by atoms with Gasteiger partial charge in [-0.2, -0.15) is 0 Å². The quantitative estimate of drug-likeness (QED) is 0.510. The second-order valence-corrected chi connectivity index (χ2v) is 3.86. The van der Waals surface area contributed by atoms with E-state index in [2.05, 4.69) is 5.32 Å². The molecule has 2 aliphatic rings. The summed E-state index contributed by atoms with van der Waals surface area (Å²) < 4.78 is 0. The van der Waals surface area contributed by atoms with E-state index in [4.69, 9.17) is 0 Å². The molecule has 1 saturated carbocycles. The monoisotopic (exact) mass is 141 g/mol. The summed E-state index contributed by atoms with van der Waals surface area (Å²) in [5.74, 6) is 1.04. The lowest BCUT2D eigenvalue weighted by molar-refractivity contribution is -0.0342. The van der Waals surface area contributed by atoms with Crippen LogP contribution >= 0.6 is 0 Å². The second-order valence-electron chi connectivity index (χ2n) is 3.86. The predicted molar refractivity (Wildman–Crippen MR) is 39.7 cm³/mol. The van der Waals surface area contributed by atoms with Crippen LogP contribution in [0, 0.1) is 11.8 Å². The molecule has 1 saturated heterocycles. The third-order valence-corrected chi connectivity index (χ3v) is 3.30. The van der Waals surface area contributed by atoms with Crippen LogP contribution in [0.3, 0.4) is 0 Å². The molecular formula is C8H15NO. The lowest BCUT2D eigenvalue weighted by Crippen LogP contribution is -2.50. The van der Waals surface area contributed by atoms with E-state index in [1.807, 2.05) is 6.92 Å². The fourth-order valence-electron chi connectivity index (χ4n) is 2.37. The number of rotatable bonds is 0. The van der Waals surface area contributed by atoms with Crippen LogP contribution in [0.1, 0.15) is 19.8 Å². The van der Waals surface area contributed by atoms with Crippen LogP contribution in [0.25, 0.3) is 0 Å². The van der Waals surface area contributed by atoms with Gasteiger partial charge in [-0.15, -0.1) is 0 Å². The van der Waals surface area contributed by atoms with Crippen molar-refractivity contribution in [2.24, 2.45) is 11.8 Å². The van der Waals surface area contributed by atoms with Crippen molar-refractivity contribution in [1.82, 2.24) is 5.32 Å². The third-order valence-electron chi connectivity index (χ3n) is 3.30. The van der Waals surface area contributed by atoms with Crippen molar-refractivity contribution in [2.45, 2.75) is 25.4 Å². The highest BCUT2D eigenvalue weighted by Gasteiger charge is 2.47. The highest BCUT2D eigenvalue weighted by molar-refractivity contribution is 5.00. The summed E-state index contributed by atoms with van der Waals surface area (Å²) in [6.45, 7) is 4.03. The summed E-state index contributed by atoms with van der Waals surface area (Å²) in [5.41, 5.74) is -0.356. The summed E-state index contributed by atoms with van der Waals surface area (Å²) in [5, 5.41) is 13.3. The molecule has 0 radical (unpaired) electrons. The Bertz CT molecular complexity index is 126. The topological polar surface area (TPSA) is 32.3 Å². The predicted octanol–water partition coefficient (Wildman–Crippen LogP) is 0.367. The van der Waals surface area contributed by atoms with Crippen molar-refractivity contribution in [3.8, 4) is 0 Å². The number of piperidine rings is 1. The van der Waals surface area contributed by atoms with Gasteiger partial charge < -0.3 is 10.4 Å². The van der Waals surface area contributed by atoms with Crippen molar-refractivity contribution < 1.29 is 5.11 Å². The van der Waals surface area contributed by atoms with Crippen LogP contribution in [0.15, 0.2) is 0 Å². The molecule has 2 unspecified atom stereocenters. The molecule has 10 heavy (non-hydrogen) atoms. The number of fused-ring (bicyclic) bond motifs is 2. The summed E-state index contributed by atoms with van der Waals surface area (Å²) in [6, 6.07) is 0. The van der Waals surface area contributed by atoms with Gasteiger partial charge in [0.1, 0.15) is 0 Å². The molecule has 0 aromatic rings. The Kier molecular flexibility index (Phi) is 1.29. The van der Waals surface area contributed by atoms with Gasteiger partial charge in [0.2, 0.25) is 0 Å². The van der Waals surface area contributed by atoms with Gasteiger partial charge in [0.25, 0.3) is 0 Å². The minimum Gasteiger partial charge on any atom is -0.390 e. The highest BCUT2D eigenvalue weighted by atomic mass is 16.3. The fourth-order valence-corrected chi connectivity index (χ4v) is 2.37. The molecule has 2 fully saturated rings. The van der Waals surface area contributed by atoms with Gasteiger partial charge in [-0.1, -0.05) is 0 Å². The zero-order valence-corrected chi connectivity index (χ0v) is 6.43. The van der Waals surface area contributed by atoms with E-state index in [-0.39, 0.29) is 5.60 Å². The van der Waals surface area contributed by atoms with E-state index in [9.17, 15) is 5.11 Å². The Morgan fingerprint density at radius 1 is 1.30 bits per heavy atom. The maximum Gasteiger partial charge on any atom is 0.0700 e. The Labute approximate surface area is 61.6 Å². The zero-order chi connectivity index (χ0) is 7.19. The number of aliphatic hydroxyl groups is 1. The second kappa shape index (κ2) is 1.95. The van der Waals surface area contributed by atoms with Gasteiger partial charge in [0.15, 0.2) is 0 Å². The van der Waals surface area contributed by atoms with Crippen molar-refractivity contribution in [3.05, 3.63) is 0 Å². The highest BCUT2D eigenvalue weighted by Crippen LogP contribution is 2.41. The summed E-state index contributed by atoms with van der Waals surface area (Å²) >= 11 is 0. The molecule has 2 heteroatoms. The van der Waals surface area contributed by atoms with Crippen molar-refractivity contribution >= 4 is 0 Å². The molecular weight excluding hydrogens is 126 g/mol. The Morgan fingerprint density at radius 2 is 1.80 bits per heavy atom. The molecule has 1 heterocycles. The molecule has 1 aliphatic heterocycles. The van der Waals surface area contributed by atoms with Gasteiger partial charge in [-0.25, -0.2) is 0 Å². The minimum atomic E-state index is -0.356. The van der Waals surface area contributed by atoms with Crippen molar-refractivity contribution in [3.63, 3.8) is 0 Å². The summed E-state index contributed by atoms with van der Waals surface area (Å²) in [4.78, 5) is 0. The Balaban J connectivity index is 2.21. The van der Waals surface area contributed by atoms with E-state index in [0.717, 1.165) is 13.1 Å². The maximum absolute atomic E-state index is 9.93.